The number of ether oxygens (including phenoxy) is 1. The van der Waals surface area contributed by atoms with Crippen molar-refractivity contribution < 1.29 is 37.1 Å². The quantitative estimate of drug-likeness (QED) is 0.502. The molecule has 0 saturated carbocycles. The van der Waals surface area contributed by atoms with Gasteiger partial charge in [0.15, 0.2) is 0 Å². The number of H-pyrrole nitrogens is 1. The van der Waals surface area contributed by atoms with Gasteiger partial charge >= 0.3 is 19.9 Å². The molecule has 3 aromatic rings. The number of hydrogen-bond donors (Lipinski definition) is 3. The number of benzene rings is 2. The number of aromatic amines is 1. The molecule has 2 aromatic carbocycles. The Morgan fingerprint density at radius 1 is 1.12 bits per heavy atom. The van der Waals surface area contributed by atoms with Crippen LogP contribution >= 0.6 is 7.60 Å². The largest absolute Gasteiger partial charge is 0.443 e. The van der Waals surface area contributed by atoms with Crippen molar-refractivity contribution in [3.8, 4) is 11.3 Å². The summed E-state index contributed by atoms with van der Waals surface area (Å²) in [6.45, 7) is -0.121. The van der Waals surface area contributed by atoms with Crippen molar-refractivity contribution in [3.05, 3.63) is 64.4 Å². The maximum atomic E-state index is 13.4. The van der Waals surface area contributed by atoms with Crippen LogP contribution in [0.4, 0.5) is 23.7 Å². The van der Waals surface area contributed by atoms with E-state index in [0.717, 1.165) is 11.0 Å². The summed E-state index contributed by atoms with van der Waals surface area (Å²) < 4.78 is 56.2. The number of carbonyl (C=O) groups excluding carboxylic acids is 1. The number of anilines is 1. The van der Waals surface area contributed by atoms with Gasteiger partial charge in [-0.3, -0.25) is 14.3 Å². The Balaban J connectivity index is 1.71. The number of nitrogens with one attached hydrogen (secondary N) is 1. The minimum absolute atomic E-state index is 0.00883. The van der Waals surface area contributed by atoms with Gasteiger partial charge in [-0.05, 0) is 29.7 Å². The smallest absolute Gasteiger partial charge is 0.417 e. The third-order valence-corrected chi connectivity index (χ3v) is 5.86. The number of rotatable bonds is 4. The maximum Gasteiger partial charge on any atom is 0.417 e. The molecule has 12 heteroatoms. The standard InChI is InChI=1S/C20H16F3N2O6P/c21-20(22,23)16-4-2-1-3-14(16)17-7-11-5-6-12(8-15(11)18(26)24-17)25-9-13(31-19(25)27)10-32(28,29)30/h1-8,13H,9-10H2,(H,24,26)(H2,28,29,30)/t13-/m0/s1. The number of carbonyl (C=O) groups is 1. The first-order valence-electron chi connectivity index (χ1n) is 9.29. The second-order valence-electron chi connectivity index (χ2n) is 7.29. The molecule has 1 aliphatic rings. The zero-order chi connectivity index (χ0) is 23.3. The van der Waals surface area contributed by atoms with E-state index in [4.69, 9.17) is 14.5 Å². The molecular weight excluding hydrogens is 452 g/mol. The molecular formula is C20H16F3N2O6P. The van der Waals surface area contributed by atoms with Gasteiger partial charge in [-0.15, -0.1) is 0 Å². The van der Waals surface area contributed by atoms with Crippen LogP contribution in [0.2, 0.25) is 0 Å². The fraction of sp³-hybridized carbons (Fsp3) is 0.200. The Morgan fingerprint density at radius 2 is 1.84 bits per heavy atom. The highest BCUT2D eigenvalue weighted by molar-refractivity contribution is 7.51. The zero-order valence-corrected chi connectivity index (χ0v) is 17.1. The lowest BCUT2D eigenvalue weighted by atomic mass is 10.0. The van der Waals surface area contributed by atoms with Gasteiger partial charge in [-0.25, -0.2) is 4.79 Å². The molecule has 4 rings (SSSR count). The molecule has 168 valence electrons. The lowest BCUT2D eigenvalue weighted by Crippen LogP contribution is -2.25. The van der Waals surface area contributed by atoms with Crippen molar-refractivity contribution in [1.82, 2.24) is 4.98 Å². The monoisotopic (exact) mass is 468 g/mol. The summed E-state index contributed by atoms with van der Waals surface area (Å²) in [5.41, 5.74) is -1.47. The molecule has 1 aliphatic heterocycles. The molecule has 8 nitrogen and oxygen atoms in total. The summed E-state index contributed by atoms with van der Waals surface area (Å²) in [5.74, 6) is 0. The molecule has 1 amide bonds. The summed E-state index contributed by atoms with van der Waals surface area (Å²) in [7, 11) is -4.40. The second-order valence-corrected chi connectivity index (χ2v) is 8.99. The van der Waals surface area contributed by atoms with Gasteiger partial charge in [0, 0.05) is 22.3 Å². The predicted molar refractivity (Wildman–Crippen MR) is 110 cm³/mol. The van der Waals surface area contributed by atoms with Crippen LogP contribution in [-0.2, 0) is 15.5 Å². The van der Waals surface area contributed by atoms with Crippen LogP contribution in [0.25, 0.3) is 22.0 Å². The summed E-state index contributed by atoms with van der Waals surface area (Å²) in [6.07, 6.45) is -7.08. The van der Waals surface area contributed by atoms with Crippen LogP contribution in [-0.4, -0.2) is 39.7 Å². The molecule has 1 fully saturated rings. The summed E-state index contributed by atoms with van der Waals surface area (Å²) in [4.78, 5) is 46.5. The number of halogens is 3. The second kappa shape index (κ2) is 7.77. The maximum absolute atomic E-state index is 13.4. The van der Waals surface area contributed by atoms with Gasteiger partial charge in [0.2, 0.25) is 0 Å². The van der Waals surface area contributed by atoms with Crippen molar-refractivity contribution in [3.63, 3.8) is 0 Å². The molecule has 1 atom stereocenters. The number of amides is 1. The van der Waals surface area contributed by atoms with Gasteiger partial charge in [0.05, 0.1) is 18.3 Å². The molecule has 32 heavy (non-hydrogen) atoms. The first-order chi connectivity index (χ1) is 14.9. The van der Waals surface area contributed by atoms with Crippen molar-refractivity contribution in [2.45, 2.75) is 12.3 Å². The van der Waals surface area contributed by atoms with Crippen molar-refractivity contribution >= 4 is 30.1 Å². The van der Waals surface area contributed by atoms with E-state index < -0.39 is 43.3 Å². The fourth-order valence-corrected chi connectivity index (χ4v) is 4.34. The topological polar surface area (TPSA) is 120 Å². The van der Waals surface area contributed by atoms with E-state index in [1.165, 1.54) is 42.5 Å². The van der Waals surface area contributed by atoms with E-state index >= 15 is 0 Å². The average molecular weight is 468 g/mol. The minimum Gasteiger partial charge on any atom is -0.443 e. The van der Waals surface area contributed by atoms with Gasteiger partial charge < -0.3 is 19.5 Å². The van der Waals surface area contributed by atoms with E-state index in [1.54, 1.807) is 0 Å². The normalized spacial score (nSPS) is 17.1. The number of aromatic nitrogens is 1. The third kappa shape index (κ3) is 4.40. The summed E-state index contributed by atoms with van der Waals surface area (Å²) in [6, 6.07) is 10.6. The number of hydrogen-bond acceptors (Lipinski definition) is 4. The number of cyclic esters (lactones) is 1. The predicted octanol–water partition coefficient (Wildman–Crippen LogP) is 3.72. The van der Waals surface area contributed by atoms with Crippen molar-refractivity contribution in [2.24, 2.45) is 0 Å². The highest BCUT2D eigenvalue weighted by Crippen LogP contribution is 2.39. The SMILES string of the molecule is O=C1O[C@H](CP(=O)(O)O)CN1c1ccc2cc(-c3ccccc3C(F)(F)F)[nH]c(=O)c2c1. The third-order valence-electron chi connectivity index (χ3n) is 4.98. The van der Waals surface area contributed by atoms with Gasteiger partial charge in [-0.2, -0.15) is 13.2 Å². The molecule has 1 aromatic heterocycles. The Hall–Kier alpha value is -3.14. The number of nitrogens with zero attached hydrogens (tertiary/aromatic N) is 1. The number of pyridine rings is 1. The lowest BCUT2D eigenvalue weighted by Gasteiger charge is -2.15. The van der Waals surface area contributed by atoms with Crippen LogP contribution < -0.4 is 10.5 Å². The lowest BCUT2D eigenvalue weighted by molar-refractivity contribution is -0.137. The van der Waals surface area contributed by atoms with E-state index in [-0.39, 0.29) is 28.9 Å². The molecule has 1 saturated heterocycles. The molecule has 2 heterocycles. The average Bonchev–Trinajstić information content (AvgIpc) is 3.05. The number of alkyl halides is 3. The van der Waals surface area contributed by atoms with E-state index in [0.29, 0.717) is 5.39 Å². The molecule has 3 N–H and O–H groups in total. The fourth-order valence-electron chi connectivity index (χ4n) is 3.62. The molecule has 0 radical (unpaired) electrons. The van der Waals surface area contributed by atoms with Crippen LogP contribution in [0.1, 0.15) is 5.56 Å². The Morgan fingerprint density at radius 3 is 2.53 bits per heavy atom. The minimum atomic E-state index is -4.61. The van der Waals surface area contributed by atoms with Crippen LogP contribution in [0, 0.1) is 0 Å². The molecule has 0 aliphatic carbocycles. The van der Waals surface area contributed by atoms with Crippen molar-refractivity contribution in [1.29, 1.82) is 0 Å². The highest BCUT2D eigenvalue weighted by atomic mass is 31.2. The van der Waals surface area contributed by atoms with Crippen LogP contribution in [0.15, 0.2) is 53.3 Å². The molecule has 0 bridgehead atoms. The summed E-state index contributed by atoms with van der Waals surface area (Å²) in [5, 5.41) is 0.478. The highest BCUT2D eigenvalue weighted by Gasteiger charge is 2.36. The van der Waals surface area contributed by atoms with Gasteiger partial charge in [0.25, 0.3) is 5.56 Å². The Bertz CT molecular complexity index is 1320. The Kier molecular flexibility index (Phi) is 5.36. The van der Waals surface area contributed by atoms with Gasteiger partial charge in [-0.1, -0.05) is 24.3 Å². The molecule has 0 unspecified atom stereocenters. The first-order valence-corrected chi connectivity index (χ1v) is 11.1. The van der Waals surface area contributed by atoms with Crippen molar-refractivity contribution in [2.75, 3.05) is 17.6 Å². The van der Waals surface area contributed by atoms with E-state index in [2.05, 4.69) is 4.98 Å². The molecule has 0 spiro atoms. The van der Waals surface area contributed by atoms with Gasteiger partial charge in [0.1, 0.15) is 6.10 Å². The van der Waals surface area contributed by atoms with Crippen LogP contribution in [0.3, 0.4) is 0 Å². The summed E-state index contributed by atoms with van der Waals surface area (Å²) >= 11 is 0. The zero-order valence-electron chi connectivity index (χ0n) is 16.2. The Labute approximate surface area is 178 Å². The van der Waals surface area contributed by atoms with E-state index in [1.807, 2.05) is 0 Å². The van der Waals surface area contributed by atoms with E-state index in [9.17, 15) is 27.3 Å². The first kappa shape index (κ1) is 22.1. The number of fused-ring (bicyclic) bond motifs is 1. The van der Waals surface area contributed by atoms with Crippen LogP contribution in [0.5, 0.6) is 0 Å².